The van der Waals surface area contributed by atoms with Gasteiger partial charge in [-0.05, 0) is 48.3 Å². The first kappa shape index (κ1) is 16.7. The van der Waals surface area contributed by atoms with Crippen molar-refractivity contribution >= 4 is 27.3 Å². The van der Waals surface area contributed by atoms with Crippen molar-refractivity contribution in [3.8, 4) is 0 Å². The number of benzene rings is 1. The number of nitrogens with one attached hydrogen (secondary N) is 1. The summed E-state index contributed by atoms with van der Waals surface area (Å²) < 4.78 is 33.0. The minimum Gasteiger partial charge on any atom is -0.464 e. The van der Waals surface area contributed by atoms with E-state index in [4.69, 9.17) is 0 Å². The lowest BCUT2D eigenvalue weighted by Gasteiger charge is -2.20. The average Bonchev–Trinajstić information content (AvgIpc) is 3.22. The molecule has 0 saturated carbocycles. The molecule has 1 N–H and O–H groups in total. The Bertz CT molecular complexity index is 936. The molecule has 1 aromatic heterocycles. The first-order valence-corrected chi connectivity index (χ1v) is 10.5. The zero-order valence-electron chi connectivity index (χ0n) is 13.7. The van der Waals surface area contributed by atoms with Crippen molar-refractivity contribution in [1.82, 2.24) is 9.71 Å². The molecular formula is C17H18N2O4S2. The fraction of sp³-hybridized carbons (Fsp3) is 0.412. The van der Waals surface area contributed by atoms with Gasteiger partial charge in [-0.25, -0.2) is 22.9 Å². The van der Waals surface area contributed by atoms with Crippen molar-refractivity contribution in [2.24, 2.45) is 0 Å². The molecule has 132 valence electrons. The number of rotatable bonds is 4. The van der Waals surface area contributed by atoms with E-state index in [-0.39, 0.29) is 15.9 Å². The van der Waals surface area contributed by atoms with Crippen LogP contribution in [0, 0.1) is 0 Å². The number of carbonyl (C=O) groups is 1. The maximum Gasteiger partial charge on any atom is 0.358 e. The predicted molar refractivity (Wildman–Crippen MR) is 93.3 cm³/mol. The Morgan fingerprint density at radius 1 is 1.40 bits per heavy atom. The average molecular weight is 378 g/mol. The Morgan fingerprint density at radius 3 is 3.04 bits per heavy atom. The number of hydrogen-bond donors (Lipinski definition) is 1. The predicted octanol–water partition coefficient (Wildman–Crippen LogP) is 2.77. The molecule has 1 heterocycles. The number of aromatic nitrogens is 1. The van der Waals surface area contributed by atoms with Gasteiger partial charge in [-0.1, -0.05) is 18.2 Å². The molecule has 6 nitrogen and oxygen atoms in total. The second-order valence-corrected chi connectivity index (χ2v) is 9.16. The van der Waals surface area contributed by atoms with Crippen LogP contribution in [0.2, 0.25) is 0 Å². The summed E-state index contributed by atoms with van der Waals surface area (Å²) in [6.07, 6.45) is 4.05. The molecule has 0 unspecified atom stereocenters. The van der Waals surface area contributed by atoms with Crippen LogP contribution in [0.5, 0.6) is 0 Å². The van der Waals surface area contributed by atoms with Crippen LogP contribution in [0.4, 0.5) is 0 Å². The maximum atomic E-state index is 12.8. The number of sulfonamides is 1. The van der Waals surface area contributed by atoms with Crippen molar-refractivity contribution < 1.29 is 17.9 Å². The highest BCUT2D eigenvalue weighted by molar-refractivity contribution is 7.91. The van der Waals surface area contributed by atoms with E-state index in [1.54, 1.807) is 0 Å². The van der Waals surface area contributed by atoms with Gasteiger partial charge in [0.05, 0.1) is 12.6 Å². The van der Waals surface area contributed by atoms with E-state index >= 15 is 0 Å². The van der Waals surface area contributed by atoms with Gasteiger partial charge in [0.1, 0.15) is 0 Å². The van der Waals surface area contributed by atoms with E-state index in [9.17, 15) is 13.2 Å². The smallest absolute Gasteiger partial charge is 0.358 e. The highest BCUT2D eigenvalue weighted by Crippen LogP contribution is 2.47. The number of carbonyl (C=O) groups excluding carboxylic acids is 1. The number of thiazole rings is 1. The number of nitrogens with zero attached hydrogens (tertiary/aromatic N) is 1. The lowest BCUT2D eigenvalue weighted by molar-refractivity contribution is 0.0590. The third-order valence-electron chi connectivity index (χ3n) is 4.99. The summed E-state index contributed by atoms with van der Waals surface area (Å²) in [7, 11) is -2.64. The van der Waals surface area contributed by atoms with Crippen LogP contribution in [0.15, 0.2) is 27.9 Å². The monoisotopic (exact) mass is 378 g/mol. The SMILES string of the molecule is COC(=O)c1ncsc1S(=O)(=O)N[C@@H]1C[C@H]2CCCc3cccc1c32. The Hall–Kier alpha value is -1.77. The van der Waals surface area contributed by atoms with Crippen LogP contribution in [-0.2, 0) is 21.2 Å². The molecule has 25 heavy (non-hydrogen) atoms. The number of ether oxygens (including phenoxy) is 1. The molecule has 2 aliphatic carbocycles. The standard InChI is InChI=1S/C17H18N2O4S2/c1-23-16(20)15-17(24-9-18-15)25(21,22)19-13-8-11-6-2-4-10-5-3-7-12(13)14(10)11/h3,5,7,9,11,13,19H,2,4,6,8H2,1H3/t11-,13-/m1/s1. The Kier molecular flexibility index (Phi) is 4.13. The van der Waals surface area contributed by atoms with Crippen molar-refractivity contribution in [3.63, 3.8) is 0 Å². The highest BCUT2D eigenvalue weighted by Gasteiger charge is 2.38. The van der Waals surface area contributed by atoms with Gasteiger partial charge < -0.3 is 4.74 Å². The fourth-order valence-electron chi connectivity index (χ4n) is 3.99. The minimum atomic E-state index is -3.85. The lowest BCUT2D eigenvalue weighted by Crippen LogP contribution is -2.28. The molecule has 0 aliphatic heterocycles. The molecule has 0 fully saturated rings. The summed E-state index contributed by atoms with van der Waals surface area (Å²) in [6.45, 7) is 0. The van der Waals surface area contributed by atoms with Gasteiger partial charge >= 0.3 is 5.97 Å². The summed E-state index contributed by atoms with van der Waals surface area (Å²) in [5.74, 6) is -0.333. The van der Waals surface area contributed by atoms with Gasteiger partial charge in [-0.15, -0.1) is 11.3 Å². The van der Waals surface area contributed by atoms with E-state index in [2.05, 4.69) is 20.5 Å². The van der Waals surface area contributed by atoms with Crippen LogP contribution in [0.3, 0.4) is 0 Å². The molecule has 0 amide bonds. The second-order valence-electron chi connectivity index (χ2n) is 6.40. The molecular weight excluding hydrogens is 360 g/mol. The first-order chi connectivity index (χ1) is 12.0. The molecule has 1 aromatic carbocycles. The molecule has 0 radical (unpaired) electrons. The zero-order chi connectivity index (χ0) is 17.6. The molecule has 0 spiro atoms. The van der Waals surface area contributed by atoms with E-state index in [0.29, 0.717) is 5.92 Å². The summed E-state index contributed by atoms with van der Waals surface area (Å²) >= 11 is 0.925. The number of methoxy groups -OCH3 is 1. The minimum absolute atomic E-state index is 0.0876. The van der Waals surface area contributed by atoms with Crippen molar-refractivity contribution in [1.29, 1.82) is 0 Å². The topological polar surface area (TPSA) is 85.4 Å². The van der Waals surface area contributed by atoms with Crippen molar-refractivity contribution in [2.75, 3.05) is 7.11 Å². The molecule has 0 bridgehead atoms. The van der Waals surface area contributed by atoms with E-state index in [0.717, 1.165) is 42.6 Å². The van der Waals surface area contributed by atoms with Crippen LogP contribution < -0.4 is 4.72 Å². The highest BCUT2D eigenvalue weighted by atomic mass is 32.2. The van der Waals surface area contributed by atoms with Gasteiger partial charge in [-0.3, -0.25) is 0 Å². The molecule has 2 atom stereocenters. The molecule has 0 saturated heterocycles. The molecule has 2 aromatic rings. The Morgan fingerprint density at radius 2 is 2.24 bits per heavy atom. The summed E-state index contributed by atoms with van der Waals surface area (Å²) in [4.78, 5) is 15.6. The zero-order valence-corrected chi connectivity index (χ0v) is 15.3. The second kappa shape index (κ2) is 6.19. The Labute approximate surface area is 150 Å². The van der Waals surface area contributed by atoms with Gasteiger partial charge in [-0.2, -0.15) is 0 Å². The van der Waals surface area contributed by atoms with E-state index in [1.807, 2.05) is 12.1 Å². The third kappa shape index (κ3) is 2.78. The van der Waals surface area contributed by atoms with Crippen LogP contribution in [0.25, 0.3) is 0 Å². The largest absolute Gasteiger partial charge is 0.464 e. The van der Waals surface area contributed by atoms with Crippen molar-refractivity contribution in [3.05, 3.63) is 46.1 Å². The van der Waals surface area contributed by atoms with Crippen LogP contribution >= 0.6 is 11.3 Å². The van der Waals surface area contributed by atoms with Gasteiger partial charge in [0.15, 0.2) is 9.90 Å². The first-order valence-electron chi connectivity index (χ1n) is 8.17. The molecule has 2 aliphatic rings. The fourth-order valence-corrected chi connectivity index (χ4v) is 6.37. The summed E-state index contributed by atoms with van der Waals surface area (Å²) in [5, 5.41) is 0. The third-order valence-corrected chi connectivity index (χ3v) is 7.83. The van der Waals surface area contributed by atoms with E-state index in [1.165, 1.54) is 23.7 Å². The maximum absolute atomic E-state index is 12.8. The summed E-state index contributed by atoms with van der Waals surface area (Å²) in [6, 6.07) is 5.87. The van der Waals surface area contributed by atoms with Crippen LogP contribution in [0.1, 0.15) is 58.4 Å². The number of hydrogen-bond acceptors (Lipinski definition) is 6. The lowest BCUT2D eigenvalue weighted by atomic mass is 9.84. The molecule has 8 heteroatoms. The van der Waals surface area contributed by atoms with Crippen LogP contribution in [-0.4, -0.2) is 26.5 Å². The normalized spacial score (nSPS) is 21.8. The summed E-state index contributed by atoms with van der Waals surface area (Å²) in [5.41, 5.74) is 4.91. The number of esters is 1. The quantitative estimate of drug-likeness (QED) is 0.827. The number of aryl methyl sites for hydroxylation is 1. The van der Waals surface area contributed by atoms with E-state index < -0.39 is 16.0 Å². The van der Waals surface area contributed by atoms with Crippen molar-refractivity contribution in [2.45, 2.75) is 41.9 Å². The van der Waals surface area contributed by atoms with Gasteiger partial charge in [0.2, 0.25) is 0 Å². The Balaban J connectivity index is 1.67. The van der Waals surface area contributed by atoms with Gasteiger partial charge in [0.25, 0.3) is 10.0 Å². The van der Waals surface area contributed by atoms with Gasteiger partial charge in [0, 0.05) is 6.04 Å². The molecule has 4 rings (SSSR count).